The third kappa shape index (κ3) is 5.87. The van der Waals surface area contributed by atoms with Crippen LogP contribution < -0.4 is 14.5 Å². The Morgan fingerprint density at radius 1 is 1.04 bits per heavy atom. The number of carbonyl (C=O) groups is 3. The molecule has 1 spiro atoms. The van der Waals surface area contributed by atoms with E-state index in [-0.39, 0.29) is 43.3 Å². The molecule has 3 saturated heterocycles. The van der Waals surface area contributed by atoms with Gasteiger partial charge in [-0.15, -0.1) is 13.2 Å². The summed E-state index contributed by atoms with van der Waals surface area (Å²) >= 11 is 6.18. The molecule has 252 valence electrons. The van der Waals surface area contributed by atoms with Crippen LogP contribution in [0.15, 0.2) is 73.8 Å². The zero-order valence-corrected chi connectivity index (χ0v) is 28.5. The molecular weight excluding hydrogens is 618 g/mol. The second kappa shape index (κ2) is 13.8. The van der Waals surface area contributed by atoms with Crippen molar-refractivity contribution in [2.45, 2.75) is 70.2 Å². The number of anilines is 2. The zero-order chi connectivity index (χ0) is 34.1. The molecule has 3 fully saturated rings. The molecule has 9 nitrogen and oxygen atoms in total. The summed E-state index contributed by atoms with van der Waals surface area (Å²) in [5.41, 5.74) is -1.02. The van der Waals surface area contributed by atoms with Crippen molar-refractivity contribution >= 4 is 40.7 Å². The van der Waals surface area contributed by atoms with E-state index in [1.54, 1.807) is 51.1 Å². The van der Waals surface area contributed by atoms with Crippen molar-refractivity contribution < 1.29 is 29.0 Å². The number of hydrogen-bond acceptors (Lipinski definition) is 6. The molecule has 7 atom stereocenters. The quantitative estimate of drug-likeness (QED) is 0.263. The maximum Gasteiger partial charge on any atom is 0.253 e. The van der Waals surface area contributed by atoms with Crippen molar-refractivity contribution in [3.8, 4) is 5.75 Å². The molecule has 0 saturated carbocycles. The number of aliphatic hydroxyl groups is 1. The van der Waals surface area contributed by atoms with Crippen LogP contribution in [0.5, 0.6) is 5.75 Å². The predicted octanol–water partition coefficient (Wildman–Crippen LogP) is 5.65. The lowest BCUT2D eigenvalue weighted by atomic mass is 9.66. The fraction of sp³-hybridized carbons (Fsp3) is 0.486. The molecule has 2 unspecified atom stereocenters. The van der Waals surface area contributed by atoms with Gasteiger partial charge in [-0.2, -0.15) is 0 Å². The Morgan fingerprint density at radius 2 is 1.62 bits per heavy atom. The van der Waals surface area contributed by atoms with Gasteiger partial charge in [-0.05, 0) is 81.1 Å². The van der Waals surface area contributed by atoms with Crippen LogP contribution in [0.2, 0.25) is 5.02 Å². The van der Waals surface area contributed by atoms with Crippen molar-refractivity contribution in [1.29, 1.82) is 0 Å². The number of halogens is 1. The van der Waals surface area contributed by atoms with Gasteiger partial charge in [0.1, 0.15) is 17.4 Å². The Bertz CT molecular complexity index is 1500. The van der Waals surface area contributed by atoms with Crippen LogP contribution in [0.25, 0.3) is 0 Å². The first-order valence-corrected chi connectivity index (χ1v) is 16.9. The first kappa shape index (κ1) is 34.7. The van der Waals surface area contributed by atoms with Gasteiger partial charge in [0.15, 0.2) is 0 Å². The lowest BCUT2D eigenvalue weighted by molar-refractivity contribution is -0.149. The van der Waals surface area contributed by atoms with Crippen molar-refractivity contribution in [1.82, 2.24) is 4.90 Å². The van der Waals surface area contributed by atoms with Crippen LogP contribution in [0.1, 0.15) is 47.0 Å². The van der Waals surface area contributed by atoms with Gasteiger partial charge in [-0.25, -0.2) is 0 Å². The SMILES string of the molecule is C=CCN(C(=O)C1N([C@@H](CO)[C@@H](C)CC)C(=O)[C@@H]2[C@@H](C(=O)N(CC=C)c3ccc(OCC)cc3)[C@@]3(C)CCC12O3)c1ccc(Cl)cc1. The average Bonchev–Trinajstić information content (AvgIpc) is 3.64. The minimum atomic E-state index is -1.27. The van der Waals surface area contributed by atoms with E-state index in [9.17, 15) is 19.5 Å². The first-order valence-electron chi connectivity index (χ1n) is 16.5. The van der Waals surface area contributed by atoms with Gasteiger partial charge in [0, 0.05) is 29.5 Å². The predicted molar refractivity (Wildman–Crippen MR) is 184 cm³/mol. The monoisotopic (exact) mass is 663 g/mol. The van der Waals surface area contributed by atoms with Gasteiger partial charge >= 0.3 is 0 Å². The minimum absolute atomic E-state index is 0.124. The number of amides is 3. The highest BCUT2D eigenvalue weighted by Crippen LogP contribution is 2.64. The number of aliphatic hydroxyl groups excluding tert-OH is 1. The highest BCUT2D eigenvalue weighted by atomic mass is 35.5. The standard InChI is InChI=1S/C37H46ClN3O6/c1-7-21-39(27-15-17-28(18-16-27)46-10-4)33(43)30-31-34(44)41(29(23-42)24(5)9-3)32(37(31)20-19-36(30,6)47-37)35(45)40(22-8-2)26-13-11-25(38)12-14-26/h7-8,11-18,24,29-32,42H,1-2,9-10,19-23H2,3-6H3/t24-,29-,30-,31-,32?,36+,37?/m0/s1. The van der Waals surface area contributed by atoms with E-state index in [4.69, 9.17) is 21.1 Å². The minimum Gasteiger partial charge on any atom is -0.494 e. The second-order valence-corrected chi connectivity index (χ2v) is 13.4. The highest BCUT2D eigenvalue weighted by molar-refractivity contribution is 6.30. The van der Waals surface area contributed by atoms with Crippen LogP contribution in [-0.4, -0.2) is 77.3 Å². The maximum absolute atomic E-state index is 14.9. The van der Waals surface area contributed by atoms with E-state index in [1.807, 2.05) is 52.0 Å². The smallest absolute Gasteiger partial charge is 0.253 e. The lowest BCUT2D eigenvalue weighted by Gasteiger charge is -2.41. The molecule has 3 aliphatic heterocycles. The van der Waals surface area contributed by atoms with Crippen LogP contribution in [0.4, 0.5) is 11.4 Å². The normalized spacial score (nSPS) is 27.2. The Morgan fingerprint density at radius 3 is 2.15 bits per heavy atom. The van der Waals surface area contributed by atoms with Crippen LogP contribution in [-0.2, 0) is 19.1 Å². The lowest BCUT2D eigenvalue weighted by Crippen LogP contribution is -2.60. The number of hydrogen-bond donors (Lipinski definition) is 1. The number of likely N-dealkylation sites (tertiary alicyclic amines) is 1. The summed E-state index contributed by atoms with van der Waals surface area (Å²) in [6, 6.07) is 12.4. The number of benzene rings is 2. The Labute approximate surface area is 282 Å². The number of carbonyl (C=O) groups excluding carboxylic acids is 3. The number of fused-ring (bicyclic) bond motifs is 1. The van der Waals surface area contributed by atoms with Crippen molar-refractivity contribution in [2.24, 2.45) is 17.8 Å². The van der Waals surface area contributed by atoms with Gasteiger partial charge in [0.2, 0.25) is 11.8 Å². The number of ether oxygens (including phenoxy) is 2. The van der Waals surface area contributed by atoms with Gasteiger partial charge in [0.25, 0.3) is 5.91 Å². The number of nitrogens with zero attached hydrogens (tertiary/aromatic N) is 3. The molecule has 2 bridgehead atoms. The third-order valence-corrected chi connectivity index (χ3v) is 10.6. The second-order valence-electron chi connectivity index (χ2n) is 13.0. The third-order valence-electron chi connectivity index (χ3n) is 10.3. The van der Waals surface area contributed by atoms with Crippen molar-refractivity contribution in [3.05, 3.63) is 78.9 Å². The maximum atomic E-state index is 14.9. The molecule has 0 aromatic heterocycles. The molecule has 5 rings (SSSR count). The summed E-state index contributed by atoms with van der Waals surface area (Å²) in [4.78, 5) is 49.3. The summed E-state index contributed by atoms with van der Waals surface area (Å²) < 4.78 is 12.5. The molecule has 3 amide bonds. The van der Waals surface area contributed by atoms with E-state index < -0.39 is 35.1 Å². The molecule has 1 N–H and O–H groups in total. The van der Waals surface area contributed by atoms with E-state index in [2.05, 4.69) is 13.2 Å². The first-order chi connectivity index (χ1) is 22.5. The van der Waals surface area contributed by atoms with E-state index >= 15 is 0 Å². The van der Waals surface area contributed by atoms with Gasteiger partial charge in [-0.1, -0.05) is 44.0 Å². The summed E-state index contributed by atoms with van der Waals surface area (Å²) in [7, 11) is 0. The van der Waals surface area contributed by atoms with Gasteiger partial charge in [0.05, 0.1) is 36.7 Å². The molecule has 0 aliphatic carbocycles. The number of rotatable bonds is 14. The van der Waals surface area contributed by atoms with Gasteiger partial charge < -0.3 is 29.3 Å². The molecule has 47 heavy (non-hydrogen) atoms. The summed E-state index contributed by atoms with van der Waals surface area (Å²) in [6.45, 7) is 16.1. The van der Waals surface area contributed by atoms with E-state index in [0.717, 1.165) is 0 Å². The molecular formula is C37H46ClN3O6. The highest BCUT2D eigenvalue weighted by Gasteiger charge is 2.79. The molecule has 10 heteroatoms. The van der Waals surface area contributed by atoms with Crippen molar-refractivity contribution in [3.63, 3.8) is 0 Å². The summed E-state index contributed by atoms with van der Waals surface area (Å²) in [5.74, 6) is -2.19. The average molecular weight is 664 g/mol. The molecule has 2 aromatic carbocycles. The summed E-state index contributed by atoms with van der Waals surface area (Å²) in [6.07, 6.45) is 4.87. The van der Waals surface area contributed by atoms with Crippen LogP contribution >= 0.6 is 11.6 Å². The van der Waals surface area contributed by atoms with Crippen LogP contribution in [0.3, 0.4) is 0 Å². The Balaban J connectivity index is 1.62. The fourth-order valence-corrected chi connectivity index (χ4v) is 8.05. The molecule has 0 radical (unpaired) electrons. The Hall–Kier alpha value is -3.66. The Kier molecular flexibility index (Phi) is 10.2. The molecule has 3 aliphatic rings. The van der Waals surface area contributed by atoms with E-state index in [1.165, 1.54) is 0 Å². The largest absolute Gasteiger partial charge is 0.494 e. The zero-order valence-electron chi connectivity index (χ0n) is 27.7. The molecule has 3 heterocycles. The van der Waals surface area contributed by atoms with Crippen LogP contribution in [0, 0.1) is 17.8 Å². The van der Waals surface area contributed by atoms with E-state index in [0.29, 0.717) is 48.0 Å². The topological polar surface area (TPSA) is 99.6 Å². The molecule has 2 aromatic rings. The van der Waals surface area contributed by atoms with Crippen molar-refractivity contribution in [2.75, 3.05) is 36.1 Å². The summed E-state index contributed by atoms with van der Waals surface area (Å²) in [5, 5.41) is 11.3. The fourth-order valence-electron chi connectivity index (χ4n) is 7.92. The van der Waals surface area contributed by atoms with Gasteiger partial charge in [-0.3, -0.25) is 14.4 Å².